The van der Waals surface area contributed by atoms with Gasteiger partial charge < -0.3 is 4.74 Å². The first-order valence-corrected chi connectivity index (χ1v) is 4.72. The van der Waals surface area contributed by atoms with Crippen molar-refractivity contribution < 1.29 is 9.53 Å². The third-order valence-corrected chi connectivity index (χ3v) is 1.81. The van der Waals surface area contributed by atoms with Gasteiger partial charge in [-0.15, -0.1) is 0 Å². The number of carbonyl (C=O) groups is 1. The maximum Gasteiger partial charge on any atom is 0.409 e. The molecule has 0 atom stereocenters. The second-order valence-electron chi connectivity index (χ2n) is 2.30. The molecule has 0 unspecified atom stereocenters. The molecule has 0 radical (unpaired) electrons. The van der Waals surface area contributed by atoms with Crippen LogP contribution < -0.4 is 0 Å². The van der Waals surface area contributed by atoms with E-state index in [0.717, 1.165) is 0 Å². The molecule has 0 aliphatic heterocycles. The molecule has 2 nitrogen and oxygen atoms in total. The smallest absolute Gasteiger partial charge is 0.409 e. The first-order valence-electron chi connectivity index (χ1n) is 3.59. The second kappa shape index (κ2) is 5.25. The zero-order valence-electron chi connectivity index (χ0n) is 6.84. The second-order valence-corrected chi connectivity index (χ2v) is 3.55. The highest BCUT2D eigenvalue weighted by molar-refractivity contribution is 6.62. The Labute approximate surface area is 96.0 Å². The van der Waals surface area contributed by atoms with Gasteiger partial charge in [0.15, 0.2) is 5.76 Å². The summed E-state index contributed by atoms with van der Waals surface area (Å²) < 4.78 is 4.49. The fourth-order valence-electron chi connectivity index (χ4n) is 0.876. The van der Waals surface area contributed by atoms with Crippen LogP contribution in [0.15, 0.2) is 34.8 Å². The van der Waals surface area contributed by atoms with E-state index in [4.69, 9.17) is 34.8 Å². The van der Waals surface area contributed by atoms with Crippen molar-refractivity contribution in [2.45, 2.75) is 0 Å². The van der Waals surface area contributed by atoms with Crippen LogP contribution in [0.2, 0.25) is 0 Å². The van der Waals surface area contributed by atoms with E-state index in [1.807, 2.05) is 6.07 Å². The molecule has 0 spiro atoms. The third kappa shape index (κ3) is 3.22. The van der Waals surface area contributed by atoms with Gasteiger partial charge in [-0.05, 0) is 0 Å². The minimum absolute atomic E-state index is 0.0499. The fraction of sp³-hybridized carbons (Fsp3) is 0. The standard InChI is InChI=1S/C9H5Cl3O2/c10-8(11)7(14-9(12)13)6-4-2-1-3-5-6/h1-5H. The predicted octanol–water partition coefficient (Wildman–Crippen LogP) is 4.17. The number of halogens is 3. The summed E-state index contributed by atoms with van der Waals surface area (Å²) in [6.07, 6.45) is 0. The van der Waals surface area contributed by atoms with Gasteiger partial charge in [-0.25, -0.2) is 4.79 Å². The van der Waals surface area contributed by atoms with Gasteiger partial charge in [0.2, 0.25) is 0 Å². The average Bonchev–Trinajstić information content (AvgIpc) is 2.15. The van der Waals surface area contributed by atoms with Crippen LogP contribution in [0.5, 0.6) is 0 Å². The Bertz CT molecular complexity index is 356. The number of rotatable bonds is 2. The summed E-state index contributed by atoms with van der Waals surface area (Å²) in [6, 6.07) is 8.72. The normalized spacial score (nSPS) is 9.36. The van der Waals surface area contributed by atoms with Gasteiger partial charge in [0, 0.05) is 17.2 Å². The molecule has 0 fully saturated rings. The van der Waals surface area contributed by atoms with Gasteiger partial charge in [0.25, 0.3) is 0 Å². The minimum Gasteiger partial charge on any atom is -0.411 e. The highest BCUT2D eigenvalue weighted by Gasteiger charge is 2.10. The van der Waals surface area contributed by atoms with Gasteiger partial charge in [-0.1, -0.05) is 53.5 Å². The summed E-state index contributed by atoms with van der Waals surface area (Å²) in [7, 11) is 0. The van der Waals surface area contributed by atoms with E-state index < -0.39 is 5.43 Å². The van der Waals surface area contributed by atoms with Crippen LogP contribution >= 0.6 is 34.8 Å². The summed E-state index contributed by atoms with van der Waals surface area (Å²) in [4.78, 5) is 10.5. The lowest BCUT2D eigenvalue weighted by atomic mass is 10.2. The van der Waals surface area contributed by atoms with E-state index in [9.17, 15) is 4.79 Å². The van der Waals surface area contributed by atoms with E-state index in [-0.39, 0.29) is 10.3 Å². The molecule has 0 bridgehead atoms. The van der Waals surface area contributed by atoms with Crippen molar-refractivity contribution >= 4 is 46.0 Å². The molecule has 1 aromatic carbocycles. The SMILES string of the molecule is O=C(Cl)OC(=C(Cl)Cl)c1ccccc1. The number of hydrogen-bond donors (Lipinski definition) is 0. The molecule has 1 aromatic rings. The summed E-state index contributed by atoms with van der Waals surface area (Å²) in [5.74, 6) is 0.0499. The Morgan fingerprint density at radius 1 is 1.07 bits per heavy atom. The molecule has 5 heteroatoms. The molecular weight excluding hydrogens is 246 g/mol. The van der Waals surface area contributed by atoms with E-state index in [2.05, 4.69) is 4.74 Å². The highest BCUT2D eigenvalue weighted by atomic mass is 35.5. The molecule has 0 heterocycles. The maximum atomic E-state index is 10.5. The Balaban J connectivity index is 3.03. The topological polar surface area (TPSA) is 26.3 Å². The van der Waals surface area contributed by atoms with E-state index in [0.29, 0.717) is 5.56 Å². The predicted molar refractivity (Wildman–Crippen MR) is 57.4 cm³/mol. The quantitative estimate of drug-likeness (QED) is 0.582. The zero-order valence-corrected chi connectivity index (χ0v) is 9.10. The van der Waals surface area contributed by atoms with Crippen LogP contribution in [0.3, 0.4) is 0 Å². The van der Waals surface area contributed by atoms with Gasteiger partial charge >= 0.3 is 5.43 Å². The maximum absolute atomic E-state index is 10.5. The van der Waals surface area contributed by atoms with Crippen molar-refractivity contribution in [2.75, 3.05) is 0 Å². The molecular formula is C9H5Cl3O2. The Kier molecular flexibility index (Phi) is 4.26. The molecule has 0 aliphatic carbocycles. The number of ether oxygens (including phenoxy) is 1. The van der Waals surface area contributed by atoms with Crippen LogP contribution in [0, 0.1) is 0 Å². The van der Waals surface area contributed by atoms with Crippen LogP contribution in [0.25, 0.3) is 5.76 Å². The molecule has 0 N–H and O–H groups in total. The lowest BCUT2D eigenvalue weighted by molar-refractivity contribution is 0.218. The van der Waals surface area contributed by atoms with Crippen LogP contribution in [0.1, 0.15) is 5.56 Å². The Morgan fingerprint density at radius 3 is 2.07 bits per heavy atom. The van der Waals surface area contributed by atoms with E-state index in [1.54, 1.807) is 24.3 Å². The van der Waals surface area contributed by atoms with Crippen molar-refractivity contribution in [1.29, 1.82) is 0 Å². The van der Waals surface area contributed by atoms with Gasteiger partial charge in [0.1, 0.15) is 4.49 Å². The number of carbonyl (C=O) groups excluding carboxylic acids is 1. The average molecular weight is 251 g/mol. The molecule has 14 heavy (non-hydrogen) atoms. The Morgan fingerprint density at radius 2 is 1.64 bits per heavy atom. The lowest BCUT2D eigenvalue weighted by Crippen LogP contribution is -1.94. The van der Waals surface area contributed by atoms with Crippen molar-refractivity contribution in [1.82, 2.24) is 0 Å². The van der Waals surface area contributed by atoms with Crippen LogP contribution in [0.4, 0.5) is 4.79 Å². The van der Waals surface area contributed by atoms with Crippen LogP contribution in [-0.4, -0.2) is 5.43 Å². The molecule has 0 aromatic heterocycles. The van der Waals surface area contributed by atoms with Crippen molar-refractivity contribution in [3.8, 4) is 0 Å². The highest BCUT2D eigenvalue weighted by Crippen LogP contribution is 2.25. The zero-order chi connectivity index (χ0) is 10.6. The Hall–Kier alpha value is -0.700. The summed E-state index contributed by atoms with van der Waals surface area (Å²) in [5.41, 5.74) is -0.399. The molecule has 1 rings (SSSR count). The molecule has 0 saturated carbocycles. The number of hydrogen-bond acceptors (Lipinski definition) is 2. The summed E-state index contributed by atoms with van der Waals surface area (Å²) >= 11 is 16.1. The number of benzene rings is 1. The van der Waals surface area contributed by atoms with Crippen LogP contribution in [-0.2, 0) is 4.74 Å². The van der Waals surface area contributed by atoms with Crippen molar-refractivity contribution in [3.63, 3.8) is 0 Å². The molecule has 0 amide bonds. The van der Waals surface area contributed by atoms with Gasteiger partial charge in [-0.2, -0.15) is 0 Å². The van der Waals surface area contributed by atoms with E-state index >= 15 is 0 Å². The van der Waals surface area contributed by atoms with Gasteiger partial charge in [-0.3, -0.25) is 0 Å². The largest absolute Gasteiger partial charge is 0.411 e. The first kappa shape index (κ1) is 11.4. The summed E-state index contributed by atoms with van der Waals surface area (Å²) in [5, 5.41) is 0. The monoisotopic (exact) mass is 250 g/mol. The molecule has 74 valence electrons. The van der Waals surface area contributed by atoms with Crippen molar-refractivity contribution in [3.05, 3.63) is 40.4 Å². The molecule has 0 saturated heterocycles. The lowest BCUT2D eigenvalue weighted by Gasteiger charge is -2.05. The fourth-order valence-corrected chi connectivity index (χ4v) is 1.25. The summed E-state index contributed by atoms with van der Waals surface area (Å²) in [6.45, 7) is 0. The van der Waals surface area contributed by atoms with Crippen molar-refractivity contribution in [2.24, 2.45) is 0 Å². The molecule has 0 aliphatic rings. The third-order valence-electron chi connectivity index (χ3n) is 1.39. The first-order chi connectivity index (χ1) is 6.61. The minimum atomic E-state index is -0.984. The van der Waals surface area contributed by atoms with Gasteiger partial charge in [0.05, 0.1) is 0 Å². The van der Waals surface area contributed by atoms with E-state index in [1.165, 1.54) is 0 Å².